The van der Waals surface area contributed by atoms with E-state index in [-0.39, 0.29) is 24.5 Å². The molecule has 184 valence electrons. The monoisotopic (exact) mass is 488 g/mol. The zero-order valence-electron chi connectivity index (χ0n) is 20.1. The zero-order valence-corrected chi connectivity index (χ0v) is 20.9. The minimum absolute atomic E-state index is 0.0465. The van der Waals surface area contributed by atoms with Gasteiger partial charge in [-0.3, -0.25) is 4.79 Å². The smallest absolute Gasteiger partial charge is 0.305 e. The molecule has 2 aromatic rings. The average molecular weight is 489 g/mol. The van der Waals surface area contributed by atoms with Crippen LogP contribution in [-0.2, 0) is 4.79 Å². The maximum absolute atomic E-state index is 11.4. The van der Waals surface area contributed by atoms with Crippen molar-refractivity contribution in [3.63, 3.8) is 0 Å². The summed E-state index contributed by atoms with van der Waals surface area (Å²) in [7, 11) is 1.60. The molecule has 0 bridgehead atoms. The van der Waals surface area contributed by atoms with Crippen LogP contribution >= 0.6 is 11.6 Å². The molecule has 0 spiro atoms. The molecular weight excluding hydrogens is 456 g/mol. The second-order valence-electron chi connectivity index (χ2n) is 9.55. The highest BCUT2D eigenvalue weighted by molar-refractivity contribution is 6.33. The molecule has 2 fully saturated rings. The average Bonchev–Trinajstić information content (AvgIpc) is 3.09. The zero-order chi connectivity index (χ0) is 24.4. The fourth-order valence-corrected chi connectivity index (χ4v) is 5.30. The lowest BCUT2D eigenvalue weighted by atomic mass is 9.92. The summed E-state index contributed by atoms with van der Waals surface area (Å²) in [6.45, 7) is 8.90. The van der Waals surface area contributed by atoms with Crippen molar-refractivity contribution < 1.29 is 19.4 Å². The first kappa shape index (κ1) is 24.4. The van der Waals surface area contributed by atoms with Crippen LogP contribution in [0.4, 0.5) is 11.5 Å². The van der Waals surface area contributed by atoms with Gasteiger partial charge in [-0.2, -0.15) is 0 Å². The number of rotatable bonds is 7. The Morgan fingerprint density at radius 3 is 2.62 bits per heavy atom. The Morgan fingerprint density at radius 1 is 1.18 bits per heavy atom. The van der Waals surface area contributed by atoms with Crippen molar-refractivity contribution in [2.45, 2.75) is 45.8 Å². The number of hydrogen-bond donors (Lipinski definition) is 1. The van der Waals surface area contributed by atoms with Gasteiger partial charge in [0.2, 0.25) is 5.88 Å². The summed E-state index contributed by atoms with van der Waals surface area (Å²) in [5.41, 5.74) is 0.926. The predicted octanol–water partition coefficient (Wildman–Crippen LogP) is 4.37. The number of nitrogens with zero attached hydrogens (tertiary/aromatic N) is 4. The fourth-order valence-electron chi connectivity index (χ4n) is 5.08. The van der Waals surface area contributed by atoms with Crippen molar-refractivity contribution in [2.24, 2.45) is 17.8 Å². The first-order valence-electron chi connectivity index (χ1n) is 11.8. The standard InChI is InChI=1S/C25H33ClN4O4/c1-15-14-30(20(17(15)3)10-25(31)32)23-6-5-18(11-27-23)34-22-7-8-29(13-16(22)2)21-9-24(33-4)28-12-19(21)26/h5-6,9,11-12,15-17,20,22H,7-8,10,13-14H2,1-4H3,(H,31,32)/t15-,16?,17+,20-,22?/m0/s1. The van der Waals surface area contributed by atoms with Crippen molar-refractivity contribution in [3.8, 4) is 11.6 Å². The van der Waals surface area contributed by atoms with Gasteiger partial charge in [0, 0.05) is 44.1 Å². The lowest BCUT2D eigenvalue weighted by molar-refractivity contribution is -0.137. The number of aromatic nitrogens is 2. The van der Waals surface area contributed by atoms with Crippen LogP contribution in [0.1, 0.15) is 33.6 Å². The molecule has 2 saturated heterocycles. The molecule has 34 heavy (non-hydrogen) atoms. The number of halogens is 1. The largest absolute Gasteiger partial charge is 0.488 e. The van der Waals surface area contributed by atoms with Gasteiger partial charge in [-0.15, -0.1) is 0 Å². The lowest BCUT2D eigenvalue weighted by Crippen LogP contribution is -2.44. The van der Waals surface area contributed by atoms with Crippen molar-refractivity contribution >= 4 is 29.1 Å². The number of anilines is 2. The number of piperidine rings is 1. The van der Waals surface area contributed by atoms with E-state index in [1.807, 2.05) is 18.2 Å². The molecule has 2 aromatic heterocycles. The highest BCUT2D eigenvalue weighted by Gasteiger charge is 2.38. The SMILES string of the molecule is COc1cc(N2CCC(Oc3ccc(N4C[C@H](C)[C@@H](C)[C@@H]4CC(=O)O)nc3)C(C)C2)c(Cl)cn1. The Bertz CT molecular complexity index is 1000. The maximum Gasteiger partial charge on any atom is 0.305 e. The summed E-state index contributed by atoms with van der Waals surface area (Å²) < 4.78 is 11.6. The van der Waals surface area contributed by atoms with Crippen LogP contribution in [0.2, 0.25) is 5.02 Å². The highest BCUT2D eigenvalue weighted by atomic mass is 35.5. The molecule has 5 atom stereocenters. The van der Waals surface area contributed by atoms with E-state index in [1.54, 1.807) is 19.5 Å². The van der Waals surface area contributed by atoms with E-state index in [4.69, 9.17) is 21.1 Å². The van der Waals surface area contributed by atoms with Crippen LogP contribution in [0, 0.1) is 17.8 Å². The minimum atomic E-state index is -0.775. The Labute approximate surface area is 205 Å². The third-order valence-corrected chi connectivity index (χ3v) is 7.55. The van der Waals surface area contributed by atoms with E-state index >= 15 is 0 Å². The number of methoxy groups -OCH3 is 1. The van der Waals surface area contributed by atoms with Gasteiger partial charge in [-0.25, -0.2) is 9.97 Å². The van der Waals surface area contributed by atoms with Crippen LogP contribution in [-0.4, -0.2) is 59.9 Å². The summed E-state index contributed by atoms with van der Waals surface area (Å²) in [5, 5.41) is 9.95. The van der Waals surface area contributed by atoms with Crippen LogP contribution < -0.4 is 19.3 Å². The number of aliphatic carboxylic acids is 1. The third-order valence-electron chi connectivity index (χ3n) is 7.26. The van der Waals surface area contributed by atoms with Crippen molar-refractivity contribution in [1.82, 2.24) is 9.97 Å². The molecular formula is C25H33ClN4O4. The maximum atomic E-state index is 11.4. The number of carbonyl (C=O) groups is 1. The summed E-state index contributed by atoms with van der Waals surface area (Å²) in [6.07, 6.45) is 4.42. The molecule has 4 heterocycles. The van der Waals surface area contributed by atoms with E-state index in [2.05, 4.69) is 40.5 Å². The lowest BCUT2D eigenvalue weighted by Gasteiger charge is -2.38. The normalized spacial score (nSPS) is 27.0. The molecule has 2 aliphatic heterocycles. The summed E-state index contributed by atoms with van der Waals surface area (Å²) >= 11 is 6.39. The second-order valence-corrected chi connectivity index (χ2v) is 9.96. The van der Waals surface area contributed by atoms with E-state index in [0.717, 1.165) is 43.3 Å². The topological polar surface area (TPSA) is 88.0 Å². The van der Waals surface area contributed by atoms with Crippen molar-refractivity contribution in [3.05, 3.63) is 35.6 Å². The first-order valence-corrected chi connectivity index (χ1v) is 12.2. The van der Waals surface area contributed by atoms with E-state index in [1.165, 1.54) is 0 Å². The van der Waals surface area contributed by atoms with Gasteiger partial charge < -0.3 is 24.4 Å². The van der Waals surface area contributed by atoms with Gasteiger partial charge in [0.05, 0.1) is 36.6 Å². The van der Waals surface area contributed by atoms with Crippen LogP contribution in [0.3, 0.4) is 0 Å². The molecule has 1 N–H and O–H groups in total. The summed E-state index contributed by atoms with van der Waals surface area (Å²) in [5.74, 6) is 2.30. The number of carboxylic acid groups (broad SMARTS) is 1. The van der Waals surface area contributed by atoms with Gasteiger partial charge in [0.25, 0.3) is 0 Å². The van der Waals surface area contributed by atoms with Crippen molar-refractivity contribution in [1.29, 1.82) is 0 Å². The Hall–Kier alpha value is -2.74. The van der Waals surface area contributed by atoms with Crippen LogP contribution in [0.25, 0.3) is 0 Å². The van der Waals surface area contributed by atoms with Gasteiger partial charge in [0.1, 0.15) is 17.7 Å². The van der Waals surface area contributed by atoms with Gasteiger partial charge in [-0.1, -0.05) is 32.4 Å². The molecule has 0 radical (unpaired) electrons. The number of ether oxygens (including phenoxy) is 2. The molecule has 0 amide bonds. The molecule has 2 unspecified atom stereocenters. The summed E-state index contributed by atoms with van der Waals surface area (Å²) in [4.78, 5) is 24.5. The molecule has 0 aliphatic carbocycles. The Morgan fingerprint density at radius 2 is 1.97 bits per heavy atom. The second kappa shape index (κ2) is 10.3. The molecule has 0 saturated carbocycles. The highest BCUT2D eigenvalue weighted by Crippen LogP contribution is 2.36. The van der Waals surface area contributed by atoms with Gasteiger partial charge >= 0.3 is 5.97 Å². The van der Waals surface area contributed by atoms with Crippen molar-refractivity contribution in [2.75, 3.05) is 36.5 Å². The molecule has 9 heteroatoms. The van der Waals surface area contributed by atoms with E-state index in [9.17, 15) is 9.90 Å². The van der Waals surface area contributed by atoms with Crippen LogP contribution in [0.5, 0.6) is 11.6 Å². The number of carboxylic acids is 1. The number of hydrogen-bond acceptors (Lipinski definition) is 7. The Balaban J connectivity index is 1.39. The molecule has 0 aromatic carbocycles. The van der Waals surface area contributed by atoms with Gasteiger partial charge in [-0.05, 0) is 24.0 Å². The minimum Gasteiger partial charge on any atom is -0.488 e. The molecule has 2 aliphatic rings. The third kappa shape index (κ3) is 5.17. The molecule has 8 nitrogen and oxygen atoms in total. The van der Waals surface area contributed by atoms with E-state index < -0.39 is 5.97 Å². The van der Waals surface area contributed by atoms with Gasteiger partial charge in [0.15, 0.2) is 0 Å². The predicted molar refractivity (Wildman–Crippen MR) is 132 cm³/mol. The van der Waals surface area contributed by atoms with Crippen LogP contribution in [0.15, 0.2) is 30.6 Å². The first-order chi connectivity index (χ1) is 16.3. The summed E-state index contributed by atoms with van der Waals surface area (Å²) in [6, 6.07) is 5.71. The number of pyridine rings is 2. The van der Waals surface area contributed by atoms with E-state index in [0.29, 0.717) is 22.7 Å². The quantitative estimate of drug-likeness (QED) is 0.614. The molecule has 4 rings (SSSR count). The fraction of sp³-hybridized carbons (Fsp3) is 0.560. The Kier molecular flexibility index (Phi) is 7.36.